The highest BCUT2D eigenvalue weighted by Crippen LogP contribution is 2.28. The van der Waals surface area contributed by atoms with E-state index in [0.29, 0.717) is 17.2 Å². The van der Waals surface area contributed by atoms with E-state index in [1.165, 1.54) is 12.3 Å². The molecule has 0 bridgehead atoms. The lowest BCUT2D eigenvalue weighted by atomic mass is 10.1. The second-order valence-corrected chi connectivity index (χ2v) is 6.55. The Kier molecular flexibility index (Phi) is 5.08. The minimum absolute atomic E-state index is 0.129. The summed E-state index contributed by atoms with van der Waals surface area (Å²) in [6, 6.07) is 9.77. The molecule has 0 aliphatic carbocycles. The van der Waals surface area contributed by atoms with Gasteiger partial charge in [0.2, 0.25) is 0 Å². The minimum Gasteiger partial charge on any atom is -0.372 e. The number of hydrogen-bond donors (Lipinski definition) is 1. The number of carbonyl (C=O) groups excluding carboxylic acids is 1. The van der Waals surface area contributed by atoms with Crippen molar-refractivity contribution in [1.29, 1.82) is 0 Å². The number of amides is 1. The molecule has 2 heterocycles. The summed E-state index contributed by atoms with van der Waals surface area (Å²) >= 11 is 0. The Morgan fingerprint density at radius 1 is 1.18 bits per heavy atom. The number of carbonyl (C=O) groups is 1. The summed E-state index contributed by atoms with van der Waals surface area (Å²) in [6.07, 6.45) is 1.52. The van der Waals surface area contributed by atoms with E-state index in [1.54, 1.807) is 47.9 Å². The Balaban J connectivity index is 1.80. The third-order valence-corrected chi connectivity index (χ3v) is 4.15. The summed E-state index contributed by atoms with van der Waals surface area (Å²) in [7, 11) is 3.41. The van der Waals surface area contributed by atoms with E-state index in [9.17, 15) is 14.9 Å². The number of rotatable bonds is 5. The third kappa shape index (κ3) is 3.83. The van der Waals surface area contributed by atoms with Gasteiger partial charge in [-0.1, -0.05) is 0 Å². The lowest BCUT2D eigenvalue weighted by molar-refractivity contribution is -0.384. The fraction of sp³-hybridized carbons (Fsp3) is 0.211. The maximum atomic E-state index is 12.5. The molecule has 1 N–H and O–H groups in total. The molecular weight excluding hydrogens is 360 g/mol. The van der Waals surface area contributed by atoms with Crippen LogP contribution in [-0.2, 0) is 0 Å². The molecule has 3 rings (SSSR count). The van der Waals surface area contributed by atoms with Gasteiger partial charge in [-0.25, -0.2) is 9.67 Å². The molecule has 0 radical (unpaired) electrons. The quantitative estimate of drug-likeness (QED) is 0.538. The molecule has 0 aliphatic heterocycles. The number of nitro benzene ring substituents is 1. The summed E-state index contributed by atoms with van der Waals surface area (Å²) < 4.78 is 1.71. The molecule has 3 aromatic rings. The van der Waals surface area contributed by atoms with Crippen LogP contribution in [0.3, 0.4) is 0 Å². The molecule has 0 saturated carbocycles. The Bertz CT molecular complexity index is 1040. The summed E-state index contributed by atoms with van der Waals surface area (Å²) in [4.78, 5) is 29.2. The summed E-state index contributed by atoms with van der Waals surface area (Å²) in [5.74, 6) is 0.184. The van der Waals surface area contributed by atoms with Gasteiger partial charge in [0.1, 0.15) is 5.69 Å². The topological polar surface area (TPSA) is 106 Å². The predicted molar refractivity (Wildman–Crippen MR) is 106 cm³/mol. The zero-order valence-corrected chi connectivity index (χ0v) is 16.0. The van der Waals surface area contributed by atoms with Crippen LogP contribution in [0.4, 0.5) is 17.1 Å². The Hall–Kier alpha value is -3.75. The van der Waals surface area contributed by atoms with Crippen LogP contribution in [0.2, 0.25) is 0 Å². The number of anilines is 2. The number of pyridine rings is 1. The summed E-state index contributed by atoms with van der Waals surface area (Å²) in [5, 5.41) is 18.4. The molecule has 0 spiro atoms. The molecule has 1 aromatic carbocycles. The van der Waals surface area contributed by atoms with Gasteiger partial charge in [0.15, 0.2) is 5.82 Å². The third-order valence-electron chi connectivity index (χ3n) is 4.15. The van der Waals surface area contributed by atoms with Gasteiger partial charge in [0.25, 0.3) is 11.6 Å². The highest BCUT2D eigenvalue weighted by molar-refractivity contribution is 6.05. The van der Waals surface area contributed by atoms with Crippen molar-refractivity contribution in [3.8, 4) is 5.82 Å². The van der Waals surface area contributed by atoms with Crippen LogP contribution in [0.15, 0.2) is 42.6 Å². The van der Waals surface area contributed by atoms with Gasteiger partial charge in [0, 0.05) is 31.4 Å². The minimum atomic E-state index is -0.503. The highest BCUT2D eigenvalue weighted by atomic mass is 16.6. The fourth-order valence-electron chi connectivity index (χ4n) is 2.84. The van der Waals surface area contributed by atoms with Crippen molar-refractivity contribution in [2.45, 2.75) is 13.8 Å². The van der Waals surface area contributed by atoms with Crippen molar-refractivity contribution < 1.29 is 9.72 Å². The van der Waals surface area contributed by atoms with E-state index < -0.39 is 10.8 Å². The molecule has 0 saturated heterocycles. The normalized spacial score (nSPS) is 10.6. The number of hydrogen-bond acceptors (Lipinski definition) is 6. The molecule has 144 valence electrons. The monoisotopic (exact) mass is 380 g/mol. The van der Waals surface area contributed by atoms with E-state index in [1.807, 2.05) is 19.9 Å². The van der Waals surface area contributed by atoms with Crippen LogP contribution in [-0.4, -0.2) is 39.7 Å². The van der Waals surface area contributed by atoms with E-state index in [2.05, 4.69) is 15.4 Å². The van der Waals surface area contributed by atoms with Crippen LogP contribution in [0.1, 0.15) is 21.7 Å². The Morgan fingerprint density at radius 3 is 2.46 bits per heavy atom. The van der Waals surface area contributed by atoms with Crippen molar-refractivity contribution in [2.75, 3.05) is 24.3 Å². The number of aryl methyl sites for hydroxylation is 2. The van der Waals surface area contributed by atoms with Crippen molar-refractivity contribution in [3.05, 3.63) is 69.7 Å². The Labute approximate surface area is 161 Å². The number of aromatic nitrogens is 3. The molecule has 2 aromatic heterocycles. The highest BCUT2D eigenvalue weighted by Gasteiger charge is 2.19. The first kappa shape index (κ1) is 19.0. The molecule has 0 unspecified atom stereocenters. The summed E-state index contributed by atoms with van der Waals surface area (Å²) in [6.45, 7) is 3.83. The molecule has 9 heteroatoms. The molecular formula is C19H20N6O3. The zero-order chi connectivity index (χ0) is 20.4. The number of benzene rings is 1. The van der Waals surface area contributed by atoms with Gasteiger partial charge >= 0.3 is 0 Å². The van der Waals surface area contributed by atoms with Crippen LogP contribution in [0.5, 0.6) is 0 Å². The summed E-state index contributed by atoms with van der Waals surface area (Å²) in [5.41, 5.74) is 2.82. The number of nitrogens with zero attached hydrogens (tertiary/aromatic N) is 5. The van der Waals surface area contributed by atoms with Gasteiger partial charge in [0.05, 0.1) is 22.5 Å². The smallest absolute Gasteiger partial charge is 0.293 e. The van der Waals surface area contributed by atoms with E-state index in [-0.39, 0.29) is 11.3 Å². The molecule has 28 heavy (non-hydrogen) atoms. The van der Waals surface area contributed by atoms with Crippen LogP contribution in [0, 0.1) is 24.0 Å². The van der Waals surface area contributed by atoms with Gasteiger partial charge in [-0.3, -0.25) is 14.9 Å². The van der Waals surface area contributed by atoms with Crippen molar-refractivity contribution in [1.82, 2.24) is 14.8 Å². The fourth-order valence-corrected chi connectivity index (χ4v) is 2.84. The average molecular weight is 380 g/mol. The molecule has 0 fully saturated rings. The van der Waals surface area contributed by atoms with Gasteiger partial charge in [-0.15, -0.1) is 0 Å². The van der Waals surface area contributed by atoms with Crippen LogP contribution in [0.25, 0.3) is 5.82 Å². The average Bonchev–Trinajstić information content (AvgIpc) is 2.99. The SMILES string of the molecule is Cc1cc(C)n(-c2ccc(NC(=O)c3ccc(N(C)C)c([N+](=O)[O-])c3)cn2)n1. The van der Waals surface area contributed by atoms with Gasteiger partial charge < -0.3 is 10.2 Å². The van der Waals surface area contributed by atoms with E-state index in [4.69, 9.17) is 0 Å². The second kappa shape index (κ2) is 7.47. The first-order valence-corrected chi connectivity index (χ1v) is 8.53. The van der Waals surface area contributed by atoms with E-state index in [0.717, 1.165) is 11.4 Å². The maximum Gasteiger partial charge on any atom is 0.293 e. The van der Waals surface area contributed by atoms with Crippen molar-refractivity contribution in [2.24, 2.45) is 0 Å². The standard InChI is InChI=1S/C19H20N6O3/c1-12-9-13(2)24(22-12)18-8-6-15(11-20-18)21-19(26)14-5-7-16(23(3)4)17(10-14)25(27)28/h5-11H,1-4H3,(H,21,26). The van der Waals surface area contributed by atoms with Gasteiger partial charge in [-0.2, -0.15) is 5.10 Å². The van der Waals surface area contributed by atoms with E-state index >= 15 is 0 Å². The Morgan fingerprint density at radius 2 is 1.93 bits per heavy atom. The molecule has 1 amide bonds. The van der Waals surface area contributed by atoms with Crippen LogP contribution >= 0.6 is 0 Å². The number of nitrogens with one attached hydrogen (secondary N) is 1. The van der Waals surface area contributed by atoms with Crippen molar-refractivity contribution >= 4 is 23.0 Å². The predicted octanol–water partition coefficient (Wildman–Crippen LogP) is 3.11. The maximum absolute atomic E-state index is 12.5. The first-order valence-electron chi connectivity index (χ1n) is 8.53. The molecule has 9 nitrogen and oxygen atoms in total. The molecule has 0 aliphatic rings. The van der Waals surface area contributed by atoms with Crippen molar-refractivity contribution in [3.63, 3.8) is 0 Å². The zero-order valence-electron chi connectivity index (χ0n) is 16.0. The molecule has 0 atom stereocenters. The number of nitro groups is 1. The lowest BCUT2D eigenvalue weighted by Crippen LogP contribution is -2.15. The van der Waals surface area contributed by atoms with Gasteiger partial charge in [-0.05, 0) is 44.2 Å². The first-order chi connectivity index (χ1) is 13.3. The second-order valence-electron chi connectivity index (χ2n) is 6.55. The lowest BCUT2D eigenvalue weighted by Gasteiger charge is -2.13. The largest absolute Gasteiger partial charge is 0.372 e. The van der Waals surface area contributed by atoms with Crippen LogP contribution < -0.4 is 10.2 Å².